The highest BCUT2D eigenvalue weighted by Crippen LogP contribution is 2.41. The molecule has 3 heteroatoms. The quantitative estimate of drug-likeness (QED) is 0.550. The van der Waals surface area contributed by atoms with Crippen LogP contribution in [-0.4, -0.2) is 11.8 Å². The molecular weight excluding hydrogens is 346 g/mol. The van der Waals surface area contributed by atoms with Crippen LogP contribution in [-0.2, 0) is 15.0 Å². The van der Waals surface area contributed by atoms with E-state index in [0.717, 1.165) is 22.3 Å². The zero-order valence-corrected chi connectivity index (χ0v) is 15.7. The molecule has 3 aromatic rings. The molecule has 1 N–H and O–H groups in total. The summed E-state index contributed by atoms with van der Waals surface area (Å²) in [6.45, 7) is 2.01. The van der Waals surface area contributed by atoms with Crippen molar-refractivity contribution in [1.29, 1.82) is 0 Å². The van der Waals surface area contributed by atoms with Crippen molar-refractivity contribution in [3.63, 3.8) is 0 Å². The first-order chi connectivity index (χ1) is 13.6. The molecule has 0 aromatic heterocycles. The number of hydrogen-bond acceptors (Lipinski definition) is 2. The van der Waals surface area contributed by atoms with Crippen LogP contribution >= 0.6 is 0 Å². The summed E-state index contributed by atoms with van der Waals surface area (Å²) in [5.41, 5.74) is 3.48. The maximum Gasteiger partial charge on any atom is 0.253 e. The number of aryl methyl sites for hydroxylation is 1. The first kappa shape index (κ1) is 17.9. The number of imide groups is 1. The summed E-state index contributed by atoms with van der Waals surface area (Å²) < 4.78 is 0. The fourth-order valence-electron chi connectivity index (χ4n) is 3.87. The number of carbonyl (C=O) groups is 2. The smallest absolute Gasteiger partial charge is 0.253 e. The minimum atomic E-state index is -0.940. The first-order valence-corrected chi connectivity index (χ1v) is 9.34. The maximum absolute atomic E-state index is 13.2. The van der Waals surface area contributed by atoms with Gasteiger partial charge in [0.2, 0.25) is 5.91 Å². The lowest BCUT2D eigenvalue weighted by molar-refractivity contribution is -0.133. The van der Waals surface area contributed by atoms with Crippen molar-refractivity contribution in [2.45, 2.75) is 18.8 Å². The van der Waals surface area contributed by atoms with Crippen molar-refractivity contribution in [2.24, 2.45) is 0 Å². The molecule has 2 amide bonds. The van der Waals surface area contributed by atoms with Gasteiger partial charge in [0.1, 0.15) is 5.41 Å². The average Bonchev–Trinajstić information content (AvgIpc) is 2.73. The van der Waals surface area contributed by atoms with Gasteiger partial charge in [-0.1, -0.05) is 84.9 Å². The molecule has 0 atom stereocenters. The molecule has 1 aliphatic heterocycles. The van der Waals surface area contributed by atoms with Gasteiger partial charge in [-0.05, 0) is 35.3 Å². The third kappa shape index (κ3) is 3.05. The maximum atomic E-state index is 13.2. The Morgan fingerprint density at radius 1 is 0.786 bits per heavy atom. The summed E-state index contributed by atoms with van der Waals surface area (Å²) in [5, 5.41) is 2.61. The van der Waals surface area contributed by atoms with E-state index in [1.54, 1.807) is 0 Å². The third-order valence-electron chi connectivity index (χ3n) is 5.41. The second-order valence-corrected chi connectivity index (χ2v) is 7.12. The predicted molar refractivity (Wildman–Crippen MR) is 111 cm³/mol. The van der Waals surface area contributed by atoms with Gasteiger partial charge in [-0.3, -0.25) is 14.9 Å². The Bertz CT molecular complexity index is 1010. The van der Waals surface area contributed by atoms with E-state index in [1.165, 1.54) is 0 Å². The van der Waals surface area contributed by atoms with E-state index in [1.807, 2.05) is 97.9 Å². The van der Waals surface area contributed by atoms with Crippen LogP contribution in [0.5, 0.6) is 0 Å². The molecule has 28 heavy (non-hydrogen) atoms. The molecule has 1 fully saturated rings. The highest BCUT2D eigenvalue weighted by atomic mass is 16.2. The number of hydrogen-bond donors (Lipinski definition) is 1. The topological polar surface area (TPSA) is 46.2 Å². The van der Waals surface area contributed by atoms with Crippen LogP contribution in [0.1, 0.15) is 28.7 Å². The van der Waals surface area contributed by atoms with E-state index in [-0.39, 0.29) is 11.8 Å². The van der Waals surface area contributed by atoms with E-state index in [9.17, 15) is 9.59 Å². The average molecular weight is 367 g/mol. The summed E-state index contributed by atoms with van der Waals surface area (Å²) in [5.74, 6) is -0.604. The van der Waals surface area contributed by atoms with Crippen molar-refractivity contribution in [2.75, 3.05) is 0 Å². The van der Waals surface area contributed by atoms with Crippen molar-refractivity contribution in [1.82, 2.24) is 5.32 Å². The largest absolute Gasteiger partial charge is 0.292 e. The van der Waals surface area contributed by atoms with E-state index < -0.39 is 5.41 Å². The van der Waals surface area contributed by atoms with Crippen LogP contribution in [0.4, 0.5) is 0 Å². The Kier molecular flexibility index (Phi) is 4.66. The number of amides is 2. The minimum Gasteiger partial charge on any atom is -0.292 e. The molecule has 3 aromatic carbocycles. The van der Waals surface area contributed by atoms with E-state index in [2.05, 4.69) is 5.32 Å². The summed E-state index contributed by atoms with van der Waals surface area (Å²) in [4.78, 5) is 25.9. The van der Waals surface area contributed by atoms with Gasteiger partial charge in [-0.15, -0.1) is 0 Å². The minimum absolute atomic E-state index is 0.281. The Labute approximate surface area is 164 Å². The molecule has 1 saturated heterocycles. The molecule has 0 aliphatic carbocycles. The highest BCUT2D eigenvalue weighted by molar-refractivity contribution is 6.14. The molecule has 0 spiro atoms. The fourth-order valence-corrected chi connectivity index (χ4v) is 3.87. The van der Waals surface area contributed by atoms with Crippen LogP contribution in [0.25, 0.3) is 6.08 Å². The Balaban J connectivity index is 1.90. The van der Waals surface area contributed by atoms with E-state index in [0.29, 0.717) is 12.0 Å². The lowest BCUT2D eigenvalue weighted by Crippen LogP contribution is -2.53. The second-order valence-electron chi connectivity index (χ2n) is 7.12. The van der Waals surface area contributed by atoms with Gasteiger partial charge in [0, 0.05) is 12.0 Å². The van der Waals surface area contributed by atoms with Gasteiger partial charge in [-0.25, -0.2) is 0 Å². The first-order valence-electron chi connectivity index (χ1n) is 9.34. The third-order valence-corrected chi connectivity index (χ3v) is 5.41. The summed E-state index contributed by atoms with van der Waals surface area (Å²) in [6, 6.07) is 27.3. The summed E-state index contributed by atoms with van der Waals surface area (Å²) >= 11 is 0. The Morgan fingerprint density at radius 2 is 1.32 bits per heavy atom. The zero-order valence-electron chi connectivity index (χ0n) is 15.7. The normalized spacial score (nSPS) is 17.4. The molecular formula is C25H21NO2. The Hall–Kier alpha value is -3.46. The molecule has 3 nitrogen and oxygen atoms in total. The van der Waals surface area contributed by atoms with Gasteiger partial charge in [0.25, 0.3) is 5.91 Å². The monoisotopic (exact) mass is 367 g/mol. The molecule has 1 heterocycles. The molecule has 138 valence electrons. The Morgan fingerprint density at radius 3 is 1.89 bits per heavy atom. The molecule has 0 saturated carbocycles. The second kappa shape index (κ2) is 7.28. The standard InChI is InChI=1S/C25H21NO2/c1-18-10-8-9-11-19(18)16-20-17-25(24(28)26-23(20)27,21-12-4-2-5-13-21)22-14-6-3-7-15-22/h2-16H,17H2,1H3,(H,26,27,28)/b20-16+. The van der Waals surface area contributed by atoms with Gasteiger partial charge in [-0.2, -0.15) is 0 Å². The molecule has 4 rings (SSSR count). The molecule has 0 radical (unpaired) electrons. The highest BCUT2D eigenvalue weighted by Gasteiger charge is 2.47. The van der Waals surface area contributed by atoms with Gasteiger partial charge in [0.05, 0.1) is 0 Å². The van der Waals surface area contributed by atoms with Crippen molar-refractivity contribution in [3.05, 3.63) is 113 Å². The summed E-state index contributed by atoms with van der Waals surface area (Å²) in [6.07, 6.45) is 2.22. The van der Waals surface area contributed by atoms with Crippen molar-refractivity contribution < 1.29 is 9.59 Å². The number of carbonyl (C=O) groups excluding carboxylic acids is 2. The molecule has 1 aliphatic rings. The summed E-state index contributed by atoms with van der Waals surface area (Å²) in [7, 11) is 0. The predicted octanol–water partition coefficient (Wildman–Crippen LogP) is 4.41. The lowest BCUT2D eigenvalue weighted by atomic mass is 9.67. The number of rotatable bonds is 3. The number of benzene rings is 3. The van der Waals surface area contributed by atoms with Crippen molar-refractivity contribution in [3.8, 4) is 0 Å². The van der Waals surface area contributed by atoms with Gasteiger partial charge < -0.3 is 0 Å². The zero-order chi connectivity index (χ0) is 19.6. The number of piperidine rings is 1. The van der Waals surface area contributed by atoms with Crippen LogP contribution in [0.2, 0.25) is 0 Å². The van der Waals surface area contributed by atoms with Crippen molar-refractivity contribution >= 4 is 17.9 Å². The SMILES string of the molecule is Cc1ccccc1/C=C1\CC(c2ccccc2)(c2ccccc2)C(=O)NC1=O. The van der Waals surface area contributed by atoms with Gasteiger partial charge in [0.15, 0.2) is 0 Å². The lowest BCUT2D eigenvalue weighted by Gasteiger charge is -2.37. The van der Waals surface area contributed by atoms with Gasteiger partial charge >= 0.3 is 0 Å². The molecule has 0 bridgehead atoms. The molecule has 0 unspecified atom stereocenters. The van der Waals surface area contributed by atoms with Crippen LogP contribution in [0, 0.1) is 6.92 Å². The number of nitrogens with one attached hydrogen (secondary N) is 1. The van der Waals surface area contributed by atoms with E-state index in [4.69, 9.17) is 0 Å². The van der Waals surface area contributed by atoms with Crippen LogP contribution in [0.15, 0.2) is 90.5 Å². The van der Waals surface area contributed by atoms with Crippen LogP contribution in [0.3, 0.4) is 0 Å². The van der Waals surface area contributed by atoms with E-state index >= 15 is 0 Å². The van der Waals surface area contributed by atoms with Crippen LogP contribution < -0.4 is 5.32 Å². The fraction of sp³-hybridized carbons (Fsp3) is 0.120.